The zero-order valence-electron chi connectivity index (χ0n) is 17.1. The number of piperazine rings is 1. The molecule has 10 nitrogen and oxygen atoms in total. The zero-order valence-corrected chi connectivity index (χ0v) is 17.1. The smallest absolute Gasteiger partial charge is 0.165 e. The number of methoxy groups -OCH3 is 1. The first-order valence-corrected chi connectivity index (χ1v) is 9.97. The minimum absolute atomic E-state index is 0.616. The summed E-state index contributed by atoms with van der Waals surface area (Å²) in [6, 6.07) is 1.98. The molecule has 0 aliphatic carbocycles. The van der Waals surface area contributed by atoms with Crippen LogP contribution in [0, 0.1) is 6.92 Å². The van der Waals surface area contributed by atoms with Gasteiger partial charge in [0.15, 0.2) is 17.0 Å². The number of aryl methyl sites for hydroxylation is 1. The largest absolute Gasteiger partial charge is 0.383 e. The Bertz CT molecular complexity index is 1180. The molecule has 154 valence electrons. The molecule has 0 N–H and O–H groups in total. The van der Waals surface area contributed by atoms with Gasteiger partial charge in [0.25, 0.3) is 0 Å². The molecular formula is C20H23N9O. The summed E-state index contributed by atoms with van der Waals surface area (Å²) in [5.41, 5.74) is 2.54. The van der Waals surface area contributed by atoms with E-state index in [1.54, 1.807) is 25.8 Å². The quantitative estimate of drug-likeness (QED) is 0.488. The summed E-state index contributed by atoms with van der Waals surface area (Å²) in [5, 5.41) is 1.03. The lowest BCUT2D eigenvalue weighted by atomic mass is 10.2. The lowest BCUT2D eigenvalue weighted by Crippen LogP contribution is -2.47. The Kier molecular flexibility index (Phi) is 4.83. The van der Waals surface area contributed by atoms with Crippen molar-refractivity contribution in [2.24, 2.45) is 0 Å². The van der Waals surface area contributed by atoms with Crippen LogP contribution in [0.1, 0.15) is 5.82 Å². The van der Waals surface area contributed by atoms with Gasteiger partial charge in [0.2, 0.25) is 0 Å². The first kappa shape index (κ1) is 18.6. The maximum atomic E-state index is 5.18. The average Bonchev–Trinajstić information content (AvgIpc) is 3.20. The molecule has 1 aliphatic heterocycles. The second-order valence-electron chi connectivity index (χ2n) is 7.26. The molecule has 1 fully saturated rings. The van der Waals surface area contributed by atoms with Crippen molar-refractivity contribution in [1.29, 1.82) is 0 Å². The average molecular weight is 405 g/mol. The number of rotatable bonds is 5. The monoisotopic (exact) mass is 405 g/mol. The van der Waals surface area contributed by atoms with Crippen LogP contribution in [0.2, 0.25) is 0 Å². The standard InChI is InChI=1S/C20H23N9O/c1-14-25-16-11-21-4-3-15(16)18(26-14)27-5-7-28(8-6-27)19-17-20(23-12-22-19)29(13-24-17)9-10-30-2/h3-4,11-13H,5-10H2,1-2H3. The van der Waals surface area contributed by atoms with Gasteiger partial charge in [0.1, 0.15) is 18.0 Å². The van der Waals surface area contributed by atoms with Crippen molar-refractivity contribution in [1.82, 2.24) is 34.5 Å². The molecule has 0 radical (unpaired) electrons. The minimum Gasteiger partial charge on any atom is -0.383 e. The number of nitrogens with zero attached hydrogens (tertiary/aromatic N) is 9. The van der Waals surface area contributed by atoms with Crippen LogP contribution in [0.5, 0.6) is 0 Å². The first-order chi connectivity index (χ1) is 14.7. The first-order valence-electron chi connectivity index (χ1n) is 9.97. The Labute approximate surface area is 173 Å². The summed E-state index contributed by atoms with van der Waals surface area (Å²) in [6.07, 6.45) is 7.00. The van der Waals surface area contributed by atoms with Crippen LogP contribution < -0.4 is 9.80 Å². The van der Waals surface area contributed by atoms with Gasteiger partial charge in [0, 0.05) is 51.4 Å². The molecule has 1 aliphatic rings. The Morgan fingerprint density at radius 1 is 1.00 bits per heavy atom. The highest BCUT2D eigenvalue weighted by atomic mass is 16.5. The number of imidazole rings is 1. The summed E-state index contributed by atoms with van der Waals surface area (Å²) >= 11 is 0. The molecule has 0 amide bonds. The van der Waals surface area contributed by atoms with E-state index in [1.165, 1.54) is 0 Å². The van der Waals surface area contributed by atoms with E-state index in [0.717, 1.165) is 65.7 Å². The molecule has 0 spiro atoms. The molecule has 0 unspecified atom stereocenters. The summed E-state index contributed by atoms with van der Waals surface area (Å²) in [4.78, 5) is 31.5. The van der Waals surface area contributed by atoms with Gasteiger partial charge >= 0.3 is 0 Å². The van der Waals surface area contributed by atoms with Crippen molar-refractivity contribution in [2.75, 3.05) is 49.7 Å². The number of aromatic nitrogens is 7. The van der Waals surface area contributed by atoms with Crippen molar-refractivity contribution >= 4 is 33.7 Å². The van der Waals surface area contributed by atoms with Gasteiger partial charge < -0.3 is 19.1 Å². The van der Waals surface area contributed by atoms with E-state index in [0.29, 0.717) is 13.2 Å². The zero-order chi connectivity index (χ0) is 20.5. The van der Waals surface area contributed by atoms with Gasteiger partial charge in [-0.25, -0.2) is 24.9 Å². The van der Waals surface area contributed by atoms with Crippen LogP contribution in [0.3, 0.4) is 0 Å². The Balaban J connectivity index is 1.39. The molecule has 30 heavy (non-hydrogen) atoms. The molecule has 4 aromatic rings. The van der Waals surface area contributed by atoms with Crippen LogP contribution in [-0.2, 0) is 11.3 Å². The van der Waals surface area contributed by atoms with Crippen molar-refractivity contribution in [3.63, 3.8) is 0 Å². The van der Waals surface area contributed by atoms with Crippen LogP contribution >= 0.6 is 0 Å². The molecule has 10 heteroatoms. The van der Waals surface area contributed by atoms with E-state index >= 15 is 0 Å². The highest BCUT2D eigenvalue weighted by molar-refractivity contribution is 5.89. The van der Waals surface area contributed by atoms with Gasteiger partial charge in [-0.3, -0.25) is 4.98 Å². The highest BCUT2D eigenvalue weighted by Crippen LogP contribution is 2.27. The minimum atomic E-state index is 0.616. The van der Waals surface area contributed by atoms with E-state index in [4.69, 9.17) is 9.72 Å². The number of pyridine rings is 1. The maximum Gasteiger partial charge on any atom is 0.165 e. The highest BCUT2D eigenvalue weighted by Gasteiger charge is 2.24. The lowest BCUT2D eigenvalue weighted by Gasteiger charge is -2.36. The molecule has 4 aromatic heterocycles. The summed E-state index contributed by atoms with van der Waals surface area (Å²) < 4.78 is 7.19. The van der Waals surface area contributed by atoms with Gasteiger partial charge in [0.05, 0.1) is 24.6 Å². The van der Waals surface area contributed by atoms with E-state index in [2.05, 4.69) is 34.7 Å². The van der Waals surface area contributed by atoms with Gasteiger partial charge in [-0.1, -0.05) is 0 Å². The molecular weight excluding hydrogens is 382 g/mol. The number of hydrogen-bond acceptors (Lipinski definition) is 9. The fraction of sp³-hybridized carbons (Fsp3) is 0.400. The van der Waals surface area contributed by atoms with Gasteiger partial charge in [-0.2, -0.15) is 0 Å². The van der Waals surface area contributed by atoms with Crippen molar-refractivity contribution in [2.45, 2.75) is 13.5 Å². The number of fused-ring (bicyclic) bond motifs is 2. The summed E-state index contributed by atoms with van der Waals surface area (Å²) in [5.74, 6) is 2.60. The topological polar surface area (TPSA) is 98.0 Å². The van der Waals surface area contributed by atoms with Crippen LogP contribution in [-0.4, -0.2) is 74.4 Å². The predicted molar refractivity (Wildman–Crippen MR) is 114 cm³/mol. The molecule has 0 aromatic carbocycles. The summed E-state index contributed by atoms with van der Waals surface area (Å²) in [6.45, 7) is 6.58. The number of anilines is 2. The Hall–Kier alpha value is -3.40. The molecule has 0 bridgehead atoms. The van der Waals surface area contributed by atoms with Gasteiger partial charge in [-0.05, 0) is 13.0 Å². The van der Waals surface area contributed by atoms with Crippen molar-refractivity contribution < 1.29 is 4.74 Å². The Morgan fingerprint density at radius 2 is 1.80 bits per heavy atom. The van der Waals surface area contributed by atoms with Crippen LogP contribution in [0.25, 0.3) is 22.1 Å². The van der Waals surface area contributed by atoms with E-state index in [-0.39, 0.29) is 0 Å². The van der Waals surface area contributed by atoms with E-state index in [9.17, 15) is 0 Å². The third kappa shape index (κ3) is 3.28. The SMILES string of the molecule is COCCn1cnc2c(N3CCN(c4nc(C)nc5cnccc45)CC3)ncnc21. The fourth-order valence-corrected chi connectivity index (χ4v) is 3.90. The van der Waals surface area contributed by atoms with E-state index in [1.807, 2.05) is 23.9 Å². The molecule has 5 heterocycles. The van der Waals surface area contributed by atoms with Gasteiger partial charge in [-0.15, -0.1) is 0 Å². The van der Waals surface area contributed by atoms with Crippen molar-refractivity contribution in [3.05, 3.63) is 36.9 Å². The normalized spacial score (nSPS) is 14.7. The molecule has 0 saturated carbocycles. The second kappa shape index (κ2) is 7.79. The van der Waals surface area contributed by atoms with Crippen molar-refractivity contribution in [3.8, 4) is 0 Å². The Morgan fingerprint density at radius 3 is 2.60 bits per heavy atom. The van der Waals surface area contributed by atoms with Crippen LogP contribution in [0.4, 0.5) is 11.6 Å². The van der Waals surface area contributed by atoms with Crippen LogP contribution in [0.15, 0.2) is 31.1 Å². The van der Waals surface area contributed by atoms with E-state index < -0.39 is 0 Å². The maximum absolute atomic E-state index is 5.18. The fourth-order valence-electron chi connectivity index (χ4n) is 3.90. The molecule has 1 saturated heterocycles. The predicted octanol–water partition coefficient (Wildman–Crippen LogP) is 1.45. The molecule has 5 rings (SSSR count). The number of ether oxygens (including phenoxy) is 1. The molecule has 0 atom stereocenters. The lowest BCUT2D eigenvalue weighted by molar-refractivity contribution is 0.188. The third-order valence-electron chi connectivity index (χ3n) is 5.39. The number of hydrogen-bond donors (Lipinski definition) is 0. The summed E-state index contributed by atoms with van der Waals surface area (Å²) in [7, 11) is 1.69. The third-order valence-corrected chi connectivity index (χ3v) is 5.39. The second-order valence-corrected chi connectivity index (χ2v) is 7.26.